The molecular weight excluding hydrogens is 390 g/mol. The van der Waals surface area contributed by atoms with E-state index >= 15 is 0 Å². The summed E-state index contributed by atoms with van der Waals surface area (Å²) < 4.78 is 0. The number of rotatable bonds is 6. The molecule has 7 nitrogen and oxygen atoms in total. The monoisotopic (exact) mass is 423 g/mol. The van der Waals surface area contributed by atoms with Gasteiger partial charge < -0.3 is 15.3 Å². The van der Waals surface area contributed by atoms with E-state index in [0.717, 1.165) is 44.7 Å². The molecule has 0 aliphatic carbocycles. The highest BCUT2D eigenvalue weighted by Crippen LogP contribution is 2.23. The number of carbonyl (C=O) groups excluding carboxylic acids is 1. The maximum atomic E-state index is 12.4. The molecule has 2 fully saturated rings. The molecule has 2 aliphatic rings. The molecule has 2 heterocycles. The molecule has 0 saturated carbocycles. The van der Waals surface area contributed by atoms with E-state index in [9.17, 15) is 9.90 Å². The number of nitrogens with one attached hydrogen (secondary N) is 3. The van der Waals surface area contributed by atoms with Crippen molar-refractivity contribution in [1.29, 1.82) is 0 Å². The van der Waals surface area contributed by atoms with Gasteiger partial charge in [0.2, 0.25) is 5.91 Å². The van der Waals surface area contributed by atoms with Gasteiger partial charge in [0.15, 0.2) is 0 Å². The second kappa shape index (κ2) is 9.68. The van der Waals surface area contributed by atoms with Crippen molar-refractivity contribution in [2.75, 3.05) is 39.0 Å². The van der Waals surface area contributed by atoms with Crippen molar-refractivity contribution in [1.82, 2.24) is 20.4 Å². The number of hydrogen-bond donors (Lipinski definition) is 4. The summed E-state index contributed by atoms with van der Waals surface area (Å²) in [6, 6.07) is 15.9. The van der Waals surface area contributed by atoms with Crippen LogP contribution in [0.4, 0.5) is 5.69 Å². The van der Waals surface area contributed by atoms with Gasteiger partial charge in [-0.2, -0.15) is 0 Å². The van der Waals surface area contributed by atoms with Crippen LogP contribution in [0.1, 0.15) is 29.9 Å². The molecule has 0 radical (unpaired) electrons. The molecule has 0 unspecified atom stereocenters. The summed E-state index contributed by atoms with van der Waals surface area (Å²) in [7, 11) is 3.67. The van der Waals surface area contributed by atoms with Crippen molar-refractivity contribution in [2.45, 2.75) is 37.6 Å². The molecular formula is C24H33N5O2. The number of anilines is 1. The average molecular weight is 424 g/mol. The van der Waals surface area contributed by atoms with Crippen LogP contribution in [0.2, 0.25) is 0 Å². The van der Waals surface area contributed by atoms with E-state index in [1.54, 1.807) is 17.0 Å². The lowest BCUT2D eigenvalue weighted by atomic mass is 9.97. The molecule has 0 spiro atoms. The zero-order valence-electron chi connectivity index (χ0n) is 18.3. The van der Waals surface area contributed by atoms with E-state index in [1.165, 1.54) is 11.1 Å². The number of carbonyl (C=O) groups is 1. The number of likely N-dealkylation sites (tertiary alicyclic amines) is 1. The van der Waals surface area contributed by atoms with E-state index in [4.69, 9.17) is 0 Å². The summed E-state index contributed by atoms with van der Waals surface area (Å²) in [5, 5.41) is 19.9. The fourth-order valence-electron chi connectivity index (χ4n) is 4.45. The highest BCUT2D eigenvalue weighted by molar-refractivity contribution is 5.81. The van der Waals surface area contributed by atoms with Gasteiger partial charge in [-0.25, -0.2) is 0 Å². The van der Waals surface area contributed by atoms with Gasteiger partial charge in [-0.15, -0.1) is 0 Å². The number of likely N-dealkylation sites (N-methyl/N-ethyl adjacent to an activating group) is 1. The molecule has 0 bridgehead atoms. The quantitative estimate of drug-likeness (QED) is 0.570. The first-order valence-corrected chi connectivity index (χ1v) is 11.1. The highest BCUT2D eigenvalue weighted by atomic mass is 16.3. The van der Waals surface area contributed by atoms with E-state index < -0.39 is 0 Å². The first kappa shape index (κ1) is 21.6. The zero-order valence-corrected chi connectivity index (χ0v) is 18.3. The van der Waals surface area contributed by atoms with Crippen LogP contribution in [0.3, 0.4) is 0 Å². The SMILES string of the molecule is CN(C)C(=O)[C@@H]1CCCN1Cc1ccc(NC2NCC(c3ccc(O)cc3)CN2)cc1. The van der Waals surface area contributed by atoms with Crippen molar-refractivity contribution in [3.63, 3.8) is 0 Å². The summed E-state index contributed by atoms with van der Waals surface area (Å²) in [4.78, 5) is 16.4. The molecule has 1 atom stereocenters. The summed E-state index contributed by atoms with van der Waals surface area (Å²) in [5.74, 6) is 0.878. The molecule has 4 N–H and O–H groups in total. The Morgan fingerprint density at radius 1 is 1.10 bits per heavy atom. The van der Waals surface area contributed by atoms with Gasteiger partial charge in [0.05, 0.1) is 6.04 Å². The maximum Gasteiger partial charge on any atom is 0.239 e. The number of nitrogens with zero attached hydrogens (tertiary/aromatic N) is 2. The maximum absolute atomic E-state index is 12.4. The highest BCUT2D eigenvalue weighted by Gasteiger charge is 2.31. The van der Waals surface area contributed by atoms with Gasteiger partial charge in [-0.1, -0.05) is 24.3 Å². The van der Waals surface area contributed by atoms with Gasteiger partial charge in [0.25, 0.3) is 0 Å². The minimum Gasteiger partial charge on any atom is -0.508 e. The molecule has 4 rings (SSSR count). The molecule has 166 valence electrons. The summed E-state index contributed by atoms with van der Waals surface area (Å²) in [5.41, 5.74) is 3.49. The van der Waals surface area contributed by atoms with Crippen LogP contribution in [0.15, 0.2) is 48.5 Å². The first-order valence-electron chi connectivity index (χ1n) is 11.1. The van der Waals surface area contributed by atoms with E-state index in [1.807, 2.05) is 26.2 Å². The van der Waals surface area contributed by atoms with E-state index in [0.29, 0.717) is 11.7 Å². The molecule has 2 saturated heterocycles. The van der Waals surface area contributed by atoms with Crippen molar-refractivity contribution < 1.29 is 9.90 Å². The first-order chi connectivity index (χ1) is 15.0. The Morgan fingerprint density at radius 2 is 1.77 bits per heavy atom. The standard InChI is InChI=1S/C24H33N5O2/c1-28(2)23(31)22-4-3-13-29(22)16-17-5-9-20(10-6-17)27-24-25-14-19(15-26-24)18-7-11-21(30)12-8-18/h5-12,19,22,24-27,30H,3-4,13-16H2,1-2H3/t19?,22-,24?/m0/s1. The third-order valence-electron chi connectivity index (χ3n) is 6.24. The predicted octanol–water partition coefficient (Wildman–Crippen LogP) is 2.12. The number of amides is 1. The lowest BCUT2D eigenvalue weighted by Gasteiger charge is -2.32. The smallest absolute Gasteiger partial charge is 0.239 e. The Hall–Kier alpha value is -2.61. The van der Waals surface area contributed by atoms with Gasteiger partial charge >= 0.3 is 0 Å². The van der Waals surface area contributed by atoms with Crippen molar-refractivity contribution in [2.24, 2.45) is 0 Å². The Labute approximate surface area is 184 Å². The van der Waals surface area contributed by atoms with Crippen LogP contribution >= 0.6 is 0 Å². The lowest BCUT2D eigenvalue weighted by Crippen LogP contribution is -2.55. The molecule has 1 amide bonds. The van der Waals surface area contributed by atoms with Gasteiger partial charge in [0.1, 0.15) is 12.0 Å². The summed E-state index contributed by atoms with van der Waals surface area (Å²) in [6.07, 6.45) is 2.04. The molecule has 2 aliphatic heterocycles. The Bertz CT molecular complexity index is 861. The fourth-order valence-corrected chi connectivity index (χ4v) is 4.45. The minimum atomic E-state index is 0.00460. The fraction of sp³-hybridized carbons (Fsp3) is 0.458. The van der Waals surface area contributed by atoms with Crippen LogP contribution < -0.4 is 16.0 Å². The Balaban J connectivity index is 1.27. The van der Waals surface area contributed by atoms with Gasteiger partial charge in [-0.3, -0.25) is 20.3 Å². The molecule has 31 heavy (non-hydrogen) atoms. The largest absolute Gasteiger partial charge is 0.508 e. The van der Waals surface area contributed by atoms with Crippen LogP contribution in [0.25, 0.3) is 0 Å². The van der Waals surface area contributed by atoms with Crippen molar-refractivity contribution in [3.05, 3.63) is 59.7 Å². The van der Waals surface area contributed by atoms with Crippen LogP contribution in [-0.2, 0) is 11.3 Å². The average Bonchev–Trinajstić information content (AvgIpc) is 3.23. The van der Waals surface area contributed by atoms with E-state index in [2.05, 4.69) is 45.1 Å². The van der Waals surface area contributed by atoms with Crippen molar-refractivity contribution >= 4 is 11.6 Å². The molecule has 2 aromatic carbocycles. The Kier molecular flexibility index (Phi) is 6.75. The third kappa shape index (κ3) is 5.36. The number of phenolic OH excluding ortho intramolecular Hbond substituents is 1. The number of aromatic hydroxyl groups is 1. The summed E-state index contributed by atoms with van der Waals surface area (Å²) in [6.45, 7) is 3.51. The van der Waals surface area contributed by atoms with E-state index in [-0.39, 0.29) is 18.2 Å². The molecule has 7 heteroatoms. The third-order valence-corrected chi connectivity index (χ3v) is 6.24. The van der Waals surface area contributed by atoms with Crippen molar-refractivity contribution in [3.8, 4) is 5.75 Å². The van der Waals surface area contributed by atoms with Crippen LogP contribution in [0.5, 0.6) is 5.75 Å². The Morgan fingerprint density at radius 3 is 2.42 bits per heavy atom. The summed E-state index contributed by atoms with van der Waals surface area (Å²) >= 11 is 0. The number of hydrogen-bond acceptors (Lipinski definition) is 6. The van der Waals surface area contributed by atoms with Crippen LogP contribution in [0, 0.1) is 0 Å². The normalized spacial score (nSPS) is 24.1. The van der Waals surface area contributed by atoms with Gasteiger partial charge in [-0.05, 0) is 54.8 Å². The van der Waals surface area contributed by atoms with Gasteiger partial charge in [0, 0.05) is 45.3 Å². The number of phenols is 1. The predicted molar refractivity (Wildman–Crippen MR) is 123 cm³/mol. The number of benzene rings is 2. The topological polar surface area (TPSA) is 79.9 Å². The zero-order chi connectivity index (χ0) is 21.8. The lowest BCUT2D eigenvalue weighted by molar-refractivity contribution is -0.133. The minimum absolute atomic E-state index is 0.00460. The van der Waals surface area contributed by atoms with Crippen LogP contribution in [-0.4, -0.2) is 66.9 Å². The molecule has 0 aromatic heterocycles. The second-order valence-corrected chi connectivity index (χ2v) is 8.74. The second-order valence-electron chi connectivity index (χ2n) is 8.74. The molecule has 2 aromatic rings.